The number of benzene rings is 1. The molecule has 0 spiro atoms. The molecular weight excluding hydrogens is 252 g/mol. The first-order chi connectivity index (χ1) is 8.36. The van der Waals surface area contributed by atoms with Crippen LogP contribution in [0.2, 0.25) is 0 Å². The van der Waals surface area contributed by atoms with Gasteiger partial charge in [-0.05, 0) is 12.5 Å². The lowest BCUT2D eigenvalue weighted by Crippen LogP contribution is -2.22. The molecule has 2 atom stereocenters. The lowest BCUT2D eigenvalue weighted by molar-refractivity contribution is 0.130. The minimum atomic E-state index is -3.29. The Bertz CT molecular complexity index is 529. The fourth-order valence-corrected chi connectivity index (χ4v) is 4.83. The number of hydrogen-bond donors (Lipinski definition) is 2. The van der Waals surface area contributed by atoms with Gasteiger partial charge in [0.1, 0.15) is 0 Å². The average molecular weight is 270 g/mol. The molecule has 100 valence electrons. The molecule has 0 aromatic heterocycles. The normalized spacial score (nSPS) is 26.0. The zero-order valence-corrected chi connectivity index (χ0v) is 11.3. The van der Waals surface area contributed by atoms with E-state index in [1.807, 2.05) is 31.2 Å². The van der Waals surface area contributed by atoms with Crippen LogP contribution in [-0.4, -0.2) is 43.4 Å². The van der Waals surface area contributed by atoms with E-state index >= 15 is 0 Å². The van der Waals surface area contributed by atoms with Gasteiger partial charge in [0.15, 0.2) is 9.84 Å². The number of sulfone groups is 1. The molecular formula is C13H18O4S. The summed E-state index contributed by atoms with van der Waals surface area (Å²) in [5.74, 6) is -0.317. The molecule has 2 unspecified atom stereocenters. The third-order valence-electron chi connectivity index (χ3n) is 3.87. The lowest BCUT2D eigenvalue weighted by atomic mass is 10.00. The van der Waals surface area contributed by atoms with Gasteiger partial charge in [0.2, 0.25) is 0 Å². The molecule has 1 saturated carbocycles. The minimum Gasteiger partial charge on any atom is -0.396 e. The van der Waals surface area contributed by atoms with Gasteiger partial charge in [-0.15, -0.1) is 0 Å². The van der Waals surface area contributed by atoms with Crippen LogP contribution in [0.1, 0.15) is 17.0 Å². The predicted molar refractivity (Wildman–Crippen MR) is 69.2 cm³/mol. The highest BCUT2D eigenvalue weighted by Gasteiger charge is 2.69. The Kier molecular flexibility index (Phi) is 3.25. The molecule has 0 aliphatic heterocycles. The standard InChI is InChI=1S/C13H18O4S/c1-9-3-5-10(6-4-9)11-12(18(2,16)17)13(11,7-14)8-15/h3-6,11-12,14-15H,7-8H2,1-2H3. The van der Waals surface area contributed by atoms with Crippen molar-refractivity contribution in [3.05, 3.63) is 35.4 Å². The molecule has 2 rings (SSSR count). The molecule has 1 aromatic rings. The smallest absolute Gasteiger partial charge is 0.151 e. The molecule has 0 bridgehead atoms. The van der Waals surface area contributed by atoms with Gasteiger partial charge < -0.3 is 10.2 Å². The fourth-order valence-electron chi connectivity index (χ4n) is 2.83. The monoisotopic (exact) mass is 270 g/mol. The van der Waals surface area contributed by atoms with Crippen molar-refractivity contribution in [1.29, 1.82) is 0 Å². The number of hydrogen-bond acceptors (Lipinski definition) is 4. The van der Waals surface area contributed by atoms with E-state index < -0.39 is 20.5 Å². The predicted octanol–water partition coefficient (Wildman–Crippen LogP) is 0.476. The topological polar surface area (TPSA) is 74.6 Å². The van der Waals surface area contributed by atoms with Crippen molar-refractivity contribution >= 4 is 9.84 Å². The van der Waals surface area contributed by atoms with Gasteiger partial charge in [-0.3, -0.25) is 0 Å². The molecule has 5 heteroatoms. The van der Waals surface area contributed by atoms with Crippen molar-refractivity contribution < 1.29 is 18.6 Å². The van der Waals surface area contributed by atoms with Gasteiger partial charge >= 0.3 is 0 Å². The first kappa shape index (κ1) is 13.5. The van der Waals surface area contributed by atoms with Crippen molar-refractivity contribution in [1.82, 2.24) is 0 Å². The summed E-state index contributed by atoms with van der Waals surface area (Å²) in [6.45, 7) is 1.32. The van der Waals surface area contributed by atoms with Gasteiger partial charge in [-0.2, -0.15) is 0 Å². The minimum absolute atomic E-state index is 0.317. The van der Waals surface area contributed by atoms with Crippen molar-refractivity contribution in [2.45, 2.75) is 18.1 Å². The summed E-state index contributed by atoms with van der Waals surface area (Å²) in [5.41, 5.74) is 1.02. The van der Waals surface area contributed by atoms with Crippen LogP contribution in [0.15, 0.2) is 24.3 Å². The summed E-state index contributed by atoms with van der Waals surface area (Å²) >= 11 is 0. The van der Waals surface area contributed by atoms with Crippen LogP contribution in [-0.2, 0) is 9.84 Å². The van der Waals surface area contributed by atoms with E-state index in [2.05, 4.69) is 0 Å². The molecule has 0 heterocycles. The highest BCUT2D eigenvalue weighted by molar-refractivity contribution is 7.91. The fraction of sp³-hybridized carbons (Fsp3) is 0.538. The zero-order chi connectivity index (χ0) is 13.6. The van der Waals surface area contributed by atoms with Crippen molar-refractivity contribution in [2.24, 2.45) is 5.41 Å². The molecule has 0 radical (unpaired) electrons. The summed E-state index contributed by atoms with van der Waals surface area (Å²) < 4.78 is 23.5. The van der Waals surface area contributed by atoms with Crippen LogP contribution < -0.4 is 0 Å². The van der Waals surface area contributed by atoms with Gasteiger partial charge in [0.05, 0.1) is 18.5 Å². The lowest BCUT2D eigenvalue weighted by Gasteiger charge is -2.10. The second-order valence-corrected chi connectivity index (χ2v) is 7.35. The Labute approximate surface area is 107 Å². The van der Waals surface area contributed by atoms with Gasteiger partial charge in [0.25, 0.3) is 0 Å². The molecule has 1 aliphatic carbocycles. The Morgan fingerprint density at radius 3 is 2.00 bits per heavy atom. The number of aliphatic hydroxyl groups is 2. The summed E-state index contributed by atoms with van der Waals surface area (Å²) in [6, 6.07) is 7.55. The van der Waals surface area contributed by atoms with Crippen molar-refractivity contribution in [3.8, 4) is 0 Å². The van der Waals surface area contributed by atoms with E-state index in [4.69, 9.17) is 0 Å². The zero-order valence-electron chi connectivity index (χ0n) is 10.5. The second kappa shape index (κ2) is 4.33. The molecule has 2 N–H and O–H groups in total. The molecule has 1 aromatic carbocycles. The molecule has 0 amide bonds. The average Bonchev–Trinajstić information content (AvgIpc) is 3.00. The van der Waals surface area contributed by atoms with Crippen molar-refractivity contribution in [2.75, 3.05) is 19.5 Å². The first-order valence-electron chi connectivity index (χ1n) is 5.84. The van der Waals surface area contributed by atoms with E-state index in [1.165, 1.54) is 0 Å². The van der Waals surface area contributed by atoms with Crippen LogP contribution in [0, 0.1) is 12.3 Å². The maximum atomic E-state index is 11.8. The summed E-state index contributed by atoms with van der Waals surface area (Å²) in [7, 11) is -3.29. The quantitative estimate of drug-likeness (QED) is 0.834. The van der Waals surface area contributed by atoms with E-state index in [1.54, 1.807) is 0 Å². The summed E-state index contributed by atoms with van der Waals surface area (Å²) in [4.78, 5) is 0. The molecule has 1 fully saturated rings. The van der Waals surface area contributed by atoms with Crippen LogP contribution in [0.4, 0.5) is 0 Å². The van der Waals surface area contributed by atoms with Gasteiger partial charge in [-0.1, -0.05) is 29.8 Å². The van der Waals surface area contributed by atoms with E-state index in [-0.39, 0.29) is 19.1 Å². The van der Waals surface area contributed by atoms with E-state index in [9.17, 15) is 18.6 Å². The Balaban J connectivity index is 2.41. The van der Waals surface area contributed by atoms with Gasteiger partial charge in [0, 0.05) is 17.6 Å². The Hall–Kier alpha value is -0.910. The highest BCUT2D eigenvalue weighted by Crippen LogP contribution is 2.62. The SMILES string of the molecule is Cc1ccc(C2C(S(C)(=O)=O)C2(CO)CO)cc1. The molecule has 1 aliphatic rings. The molecule has 0 saturated heterocycles. The van der Waals surface area contributed by atoms with Crippen LogP contribution in [0.3, 0.4) is 0 Å². The molecule has 18 heavy (non-hydrogen) atoms. The number of aryl methyl sites for hydroxylation is 1. The maximum absolute atomic E-state index is 11.8. The first-order valence-corrected chi connectivity index (χ1v) is 7.79. The van der Waals surface area contributed by atoms with Crippen LogP contribution >= 0.6 is 0 Å². The van der Waals surface area contributed by atoms with E-state index in [0.29, 0.717) is 0 Å². The van der Waals surface area contributed by atoms with Crippen molar-refractivity contribution in [3.63, 3.8) is 0 Å². The maximum Gasteiger partial charge on any atom is 0.151 e. The highest BCUT2D eigenvalue weighted by atomic mass is 32.2. The van der Waals surface area contributed by atoms with E-state index in [0.717, 1.165) is 17.4 Å². The Morgan fingerprint density at radius 2 is 1.67 bits per heavy atom. The molecule has 4 nitrogen and oxygen atoms in total. The second-order valence-electron chi connectivity index (χ2n) is 5.19. The van der Waals surface area contributed by atoms with Crippen LogP contribution in [0.25, 0.3) is 0 Å². The number of rotatable bonds is 4. The summed E-state index contributed by atoms with van der Waals surface area (Å²) in [5, 5.41) is 18.2. The Morgan fingerprint density at radius 1 is 1.17 bits per heavy atom. The summed E-state index contributed by atoms with van der Waals surface area (Å²) in [6.07, 6.45) is 1.16. The third kappa shape index (κ3) is 1.96. The van der Waals surface area contributed by atoms with Crippen LogP contribution in [0.5, 0.6) is 0 Å². The third-order valence-corrected chi connectivity index (χ3v) is 5.53. The largest absolute Gasteiger partial charge is 0.396 e. The number of aliphatic hydroxyl groups excluding tert-OH is 2. The van der Waals surface area contributed by atoms with Gasteiger partial charge in [-0.25, -0.2) is 8.42 Å².